The molecular formula is C13H11N3O. The fraction of sp³-hybridized carbons (Fsp3) is 0.308. The molecule has 1 aliphatic rings. The Kier molecular flexibility index (Phi) is 2.37. The fourth-order valence-corrected chi connectivity index (χ4v) is 1.87. The van der Waals surface area contributed by atoms with Crippen LogP contribution < -0.4 is 0 Å². The van der Waals surface area contributed by atoms with E-state index in [0.717, 1.165) is 24.2 Å². The largest absolute Gasteiger partial charge is 0.334 e. The molecule has 0 unspecified atom stereocenters. The summed E-state index contributed by atoms with van der Waals surface area (Å²) in [6, 6.07) is 9.25. The third-order valence-electron chi connectivity index (χ3n) is 3.17. The molecule has 0 radical (unpaired) electrons. The Labute approximate surface area is 98.9 Å². The van der Waals surface area contributed by atoms with Crippen LogP contribution in [0.4, 0.5) is 0 Å². The third kappa shape index (κ3) is 1.80. The van der Waals surface area contributed by atoms with Gasteiger partial charge in [-0.3, -0.25) is 0 Å². The van der Waals surface area contributed by atoms with Gasteiger partial charge in [-0.25, -0.2) is 0 Å². The van der Waals surface area contributed by atoms with E-state index in [0.29, 0.717) is 17.4 Å². The molecule has 0 amide bonds. The van der Waals surface area contributed by atoms with E-state index in [1.165, 1.54) is 6.42 Å². The molecule has 84 valence electrons. The Balaban J connectivity index is 1.87. The average molecular weight is 225 g/mol. The van der Waals surface area contributed by atoms with Gasteiger partial charge >= 0.3 is 0 Å². The highest BCUT2D eigenvalue weighted by Gasteiger charge is 2.24. The first-order valence-electron chi connectivity index (χ1n) is 5.71. The molecule has 0 spiro atoms. The summed E-state index contributed by atoms with van der Waals surface area (Å²) in [7, 11) is 0. The molecule has 1 aliphatic carbocycles. The first kappa shape index (κ1) is 10.0. The van der Waals surface area contributed by atoms with Gasteiger partial charge in [-0.15, -0.1) is 0 Å². The van der Waals surface area contributed by atoms with Gasteiger partial charge < -0.3 is 4.52 Å². The van der Waals surface area contributed by atoms with Crippen molar-refractivity contribution in [1.29, 1.82) is 5.26 Å². The molecule has 0 N–H and O–H groups in total. The summed E-state index contributed by atoms with van der Waals surface area (Å²) in [5, 5.41) is 12.7. The lowest BCUT2D eigenvalue weighted by atomic mass is 9.85. The summed E-state index contributed by atoms with van der Waals surface area (Å²) in [4.78, 5) is 4.40. The quantitative estimate of drug-likeness (QED) is 0.788. The second-order valence-electron chi connectivity index (χ2n) is 4.27. The number of hydrogen-bond acceptors (Lipinski definition) is 4. The van der Waals surface area contributed by atoms with Gasteiger partial charge in [0.05, 0.1) is 11.6 Å². The van der Waals surface area contributed by atoms with Crippen LogP contribution in [0, 0.1) is 11.3 Å². The van der Waals surface area contributed by atoms with E-state index >= 15 is 0 Å². The molecule has 1 aromatic heterocycles. The van der Waals surface area contributed by atoms with Gasteiger partial charge in [-0.1, -0.05) is 11.6 Å². The van der Waals surface area contributed by atoms with Gasteiger partial charge in [0, 0.05) is 11.5 Å². The second-order valence-corrected chi connectivity index (χ2v) is 4.27. The molecule has 4 heteroatoms. The Morgan fingerprint density at radius 2 is 2.00 bits per heavy atom. The predicted molar refractivity (Wildman–Crippen MR) is 61.0 cm³/mol. The Morgan fingerprint density at radius 3 is 2.59 bits per heavy atom. The Bertz CT molecular complexity index is 561. The van der Waals surface area contributed by atoms with Gasteiger partial charge in [0.2, 0.25) is 0 Å². The smallest absolute Gasteiger partial charge is 0.257 e. The van der Waals surface area contributed by atoms with Gasteiger partial charge in [0.25, 0.3) is 5.89 Å². The van der Waals surface area contributed by atoms with Crippen LogP contribution in [0.3, 0.4) is 0 Å². The van der Waals surface area contributed by atoms with Crippen molar-refractivity contribution < 1.29 is 4.52 Å². The molecular weight excluding hydrogens is 214 g/mol. The number of rotatable bonds is 2. The maximum absolute atomic E-state index is 8.71. The molecule has 4 nitrogen and oxygen atoms in total. The number of aromatic nitrogens is 2. The van der Waals surface area contributed by atoms with E-state index in [1.807, 2.05) is 12.1 Å². The Morgan fingerprint density at radius 1 is 1.24 bits per heavy atom. The molecule has 0 bridgehead atoms. The van der Waals surface area contributed by atoms with Crippen molar-refractivity contribution >= 4 is 0 Å². The first-order chi connectivity index (χ1) is 8.36. The van der Waals surface area contributed by atoms with Crippen LogP contribution in [0.5, 0.6) is 0 Å². The highest BCUT2D eigenvalue weighted by atomic mass is 16.5. The Hall–Kier alpha value is -2.15. The van der Waals surface area contributed by atoms with Gasteiger partial charge in [0.15, 0.2) is 5.82 Å². The molecule has 0 atom stereocenters. The molecule has 1 aromatic carbocycles. The molecule has 1 fully saturated rings. The third-order valence-corrected chi connectivity index (χ3v) is 3.17. The maximum Gasteiger partial charge on any atom is 0.257 e. The lowest BCUT2D eigenvalue weighted by Gasteiger charge is -2.20. The summed E-state index contributed by atoms with van der Waals surface area (Å²) >= 11 is 0. The van der Waals surface area contributed by atoms with Gasteiger partial charge in [0.1, 0.15) is 0 Å². The van der Waals surface area contributed by atoms with E-state index in [2.05, 4.69) is 16.2 Å². The van der Waals surface area contributed by atoms with E-state index < -0.39 is 0 Å². The topological polar surface area (TPSA) is 62.7 Å². The highest BCUT2D eigenvalue weighted by Crippen LogP contribution is 2.35. The lowest BCUT2D eigenvalue weighted by Crippen LogP contribution is -2.10. The minimum atomic E-state index is 0.478. The normalized spacial score (nSPS) is 15.2. The number of nitriles is 1. The molecule has 17 heavy (non-hydrogen) atoms. The minimum absolute atomic E-state index is 0.478. The SMILES string of the molecule is N#Cc1ccc(-c2nc(C3CCC3)no2)cc1. The average Bonchev–Trinajstić information content (AvgIpc) is 2.76. The summed E-state index contributed by atoms with van der Waals surface area (Å²) in [5.41, 5.74) is 1.49. The molecule has 0 saturated heterocycles. The monoisotopic (exact) mass is 225 g/mol. The van der Waals surface area contributed by atoms with Crippen LogP contribution in [0.25, 0.3) is 11.5 Å². The molecule has 1 heterocycles. The number of nitrogens with zero attached hydrogens (tertiary/aromatic N) is 3. The first-order valence-corrected chi connectivity index (χ1v) is 5.71. The van der Waals surface area contributed by atoms with Crippen LogP contribution >= 0.6 is 0 Å². The lowest BCUT2D eigenvalue weighted by molar-refractivity contribution is 0.366. The van der Waals surface area contributed by atoms with Gasteiger partial charge in [-0.2, -0.15) is 10.2 Å². The summed E-state index contributed by atoms with van der Waals surface area (Å²) in [6.07, 6.45) is 3.57. The number of hydrogen-bond donors (Lipinski definition) is 0. The highest BCUT2D eigenvalue weighted by molar-refractivity contribution is 5.54. The molecule has 1 saturated carbocycles. The predicted octanol–water partition coefficient (Wildman–Crippen LogP) is 2.88. The molecule has 0 aliphatic heterocycles. The molecule has 2 aromatic rings. The number of benzene rings is 1. The zero-order chi connectivity index (χ0) is 11.7. The van der Waals surface area contributed by atoms with Crippen molar-refractivity contribution in [3.05, 3.63) is 35.7 Å². The van der Waals surface area contributed by atoms with E-state index in [4.69, 9.17) is 9.78 Å². The zero-order valence-electron chi connectivity index (χ0n) is 9.26. The van der Waals surface area contributed by atoms with Crippen LogP contribution in [-0.4, -0.2) is 10.1 Å². The van der Waals surface area contributed by atoms with Crippen molar-refractivity contribution in [2.45, 2.75) is 25.2 Å². The minimum Gasteiger partial charge on any atom is -0.334 e. The van der Waals surface area contributed by atoms with Crippen LogP contribution in [0.1, 0.15) is 36.6 Å². The van der Waals surface area contributed by atoms with Crippen molar-refractivity contribution in [3.8, 4) is 17.5 Å². The molecule has 3 rings (SSSR count). The van der Waals surface area contributed by atoms with Crippen molar-refractivity contribution in [2.24, 2.45) is 0 Å². The van der Waals surface area contributed by atoms with Crippen LogP contribution in [0.2, 0.25) is 0 Å². The van der Waals surface area contributed by atoms with Crippen molar-refractivity contribution in [2.75, 3.05) is 0 Å². The van der Waals surface area contributed by atoms with E-state index in [9.17, 15) is 0 Å². The second kappa shape index (κ2) is 4.02. The van der Waals surface area contributed by atoms with Crippen LogP contribution in [-0.2, 0) is 0 Å². The van der Waals surface area contributed by atoms with Crippen LogP contribution in [0.15, 0.2) is 28.8 Å². The van der Waals surface area contributed by atoms with Gasteiger partial charge in [-0.05, 0) is 37.1 Å². The van der Waals surface area contributed by atoms with E-state index in [1.54, 1.807) is 12.1 Å². The zero-order valence-corrected chi connectivity index (χ0v) is 9.26. The standard InChI is InChI=1S/C13H11N3O/c14-8-9-4-6-11(7-5-9)13-15-12(16-17-13)10-2-1-3-10/h4-7,10H,1-3H2. The fourth-order valence-electron chi connectivity index (χ4n) is 1.87. The van der Waals surface area contributed by atoms with Crippen molar-refractivity contribution in [3.63, 3.8) is 0 Å². The summed E-state index contributed by atoms with van der Waals surface area (Å²) in [5.74, 6) is 1.83. The summed E-state index contributed by atoms with van der Waals surface area (Å²) in [6.45, 7) is 0. The maximum atomic E-state index is 8.71. The van der Waals surface area contributed by atoms with E-state index in [-0.39, 0.29) is 0 Å². The van der Waals surface area contributed by atoms with Crippen molar-refractivity contribution in [1.82, 2.24) is 10.1 Å². The summed E-state index contributed by atoms with van der Waals surface area (Å²) < 4.78 is 5.24.